The molecule has 1 aliphatic carbocycles. The average molecular weight is 375 g/mol. The molecule has 1 aromatic rings. The highest BCUT2D eigenvalue weighted by molar-refractivity contribution is 5.85. The molecule has 2 aliphatic rings. The lowest BCUT2D eigenvalue weighted by Gasteiger charge is -2.32. The molecule has 3 rings (SSSR count). The van der Waals surface area contributed by atoms with Gasteiger partial charge in [-0.05, 0) is 55.8 Å². The van der Waals surface area contributed by atoms with E-state index < -0.39 is 0 Å². The van der Waals surface area contributed by atoms with Crippen LogP contribution in [-0.2, 0) is 11.3 Å². The maximum absolute atomic E-state index is 11.9. The van der Waals surface area contributed by atoms with E-state index in [0.717, 1.165) is 44.9 Å². The molecular formula is C17H28Cl2N4O. The van der Waals surface area contributed by atoms with Gasteiger partial charge in [0.05, 0.1) is 6.54 Å². The summed E-state index contributed by atoms with van der Waals surface area (Å²) in [5, 5.41) is 6.41. The quantitative estimate of drug-likeness (QED) is 0.766. The molecule has 2 heterocycles. The fourth-order valence-corrected chi connectivity index (χ4v) is 2.97. The molecule has 7 heteroatoms. The number of piperidine rings is 1. The van der Waals surface area contributed by atoms with Crippen molar-refractivity contribution in [1.82, 2.24) is 20.5 Å². The Kier molecular flexibility index (Phi) is 9.59. The Morgan fingerprint density at radius 2 is 1.79 bits per heavy atom. The van der Waals surface area contributed by atoms with Crippen LogP contribution in [0.15, 0.2) is 24.5 Å². The van der Waals surface area contributed by atoms with Gasteiger partial charge < -0.3 is 10.6 Å². The number of likely N-dealkylation sites (tertiary alicyclic amines) is 1. The number of carbonyl (C=O) groups is 1. The maximum Gasteiger partial charge on any atom is 0.234 e. The molecule has 1 aromatic heterocycles. The summed E-state index contributed by atoms with van der Waals surface area (Å²) in [5.41, 5.74) is 1.31. The number of nitrogens with one attached hydrogen (secondary N) is 2. The summed E-state index contributed by atoms with van der Waals surface area (Å²) >= 11 is 0. The van der Waals surface area contributed by atoms with E-state index in [9.17, 15) is 4.79 Å². The first kappa shape index (κ1) is 21.2. The lowest BCUT2D eigenvalue weighted by molar-refractivity contribution is -0.121. The van der Waals surface area contributed by atoms with Crippen molar-refractivity contribution in [1.29, 1.82) is 0 Å². The van der Waals surface area contributed by atoms with Crippen LogP contribution in [0.3, 0.4) is 0 Å². The number of aromatic nitrogens is 1. The molecular weight excluding hydrogens is 347 g/mol. The Morgan fingerprint density at radius 3 is 2.42 bits per heavy atom. The second-order valence-corrected chi connectivity index (χ2v) is 6.55. The molecule has 1 saturated carbocycles. The molecule has 0 radical (unpaired) electrons. The van der Waals surface area contributed by atoms with Gasteiger partial charge in [0.15, 0.2) is 0 Å². The van der Waals surface area contributed by atoms with Crippen molar-refractivity contribution in [2.24, 2.45) is 5.92 Å². The third kappa shape index (κ3) is 7.34. The summed E-state index contributed by atoms with van der Waals surface area (Å²) in [6.45, 7) is 4.53. The molecule has 0 spiro atoms. The van der Waals surface area contributed by atoms with Gasteiger partial charge >= 0.3 is 0 Å². The standard InChI is InChI=1S/C17H26N4O.2ClH/c22-17(12-19-11-14-1-2-14)20-16-5-9-21(10-6-16)13-15-3-7-18-8-4-15;;/h3-4,7-8,14,16,19H,1-2,5-6,9-13H2,(H,20,22);2*1H. The Morgan fingerprint density at radius 1 is 1.12 bits per heavy atom. The number of hydrogen-bond acceptors (Lipinski definition) is 4. The number of pyridine rings is 1. The minimum absolute atomic E-state index is 0. The zero-order valence-corrected chi connectivity index (χ0v) is 15.6. The molecule has 136 valence electrons. The highest BCUT2D eigenvalue weighted by atomic mass is 35.5. The van der Waals surface area contributed by atoms with E-state index in [1.54, 1.807) is 0 Å². The number of nitrogens with zero attached hydrogens (tertiary/aromatic N) is 2. The first-order valence-corrected chi connectivity index (χ1v) is 8.41. The van der Waals surface area contributed by atoms with Gasteiger partial charge in [-0.2, -0.15) is 0 Å². The van der Waals surface area contributed by atoms with E-state index in [-0.39, 0.29) is 30.7 Å². The van der Waals surface area contributed by atoms with Crippen molar-refractivity contribution >= 4 is 30.7 Å². The van der Waals surface area contributed by atoms with E-state index >= 15 is 0 Å². The molecule has 24 heavy (non-hydrogen) atoms. The number of amides is 1. The van der Waals surface area contributed by atoms with Gasteiger partial charge in [-0.1, -0.05) is 0 Å². The van der Waals surface area contributed by atoms with Gasteiger partial charge in [0.2, 0.25) is 5.91 Å². The Bertz CT molecular complexity index is 477. The number of carbonyl (C=O) groups excluding carboxylic acids is 1. The van der Waals surface area contributed by atoms with Gasteiger partial charge in [-0.15, -0.1) is 24.8 Å². The molecule has 0 aromatic carbocycles. The first-order valence-electron chi connectivity index (χ1n) is 8.41. The van der Waals surface area contributed by atoms with Crippen LogP contribution in [0.25, 0.3) is 0 Å². The lowest BCUT2D eigenvalue weighted by atomic mass is 10.0. The zero-order chi connectivity index (χ0) is 15.2. The van der Waals surface area contributed by atoms with Crippen molar-refractivity contribution in [3.63, 3.8) is 0 Å². The van der Waals surface area contributed by atoms with Crippen LogP contribution in [0.2, 0.25) is 0 Å². The smallest absolute Gasteiger partial charge is 0.234 e. The number of hydrogen-bond donors (Lipinski definition) is 2. The Balaban J connectivity index is 0.00000144. The zero-order valence-electron chi connectivity index (χ0n) is 13.9. The summed E-state index contributed by atoms with van der Waals surface area (Å²) in [6, 6.07) is 4.47. The summed E-state index contributed by atoms with van der Waals surface area (Å²) in [4.78, 5) is 18.4. The summed E-state index contributed by atoms with van der Waals surface area (Å²) in [5.74, 6) is 0.970. The molecule has 2 fully saturated rings. The van der Waals surface area contributed by atoms with E-state index in [1.165, 1.54) is 18.4 Å². The Hall–Kier alpha value is -0.880. The van der Waals surface area contributed by atoms with Crippen molar-refractivity contribution in [2.45, 2.75) is 38.3 Å². The second-order valence-electron chi connectivity index (χ2n) is 6.55. The minimum atomic E-state index is 0. The summed E-state index contributed by atoms with van der Waals surface area (Å²) in [6.07, 6.45) is 8.42. The minimum Gasteiger partial charge on any atom is -0.352 e. The van der Waals surface area contributed by atoms with Crippen molar-refractivity contribution in [3.8, 4) is 0 Å². The highest BCUT2D eigenvalue weighted by Gasteiger charge is 2.22. The summed E-state index contributed by atoms with van der Waals surface area (Å²) in [7, 11) is 0. The molecule has 5 nitrogen and oxygen atoms in total. The van der Waals surface area contributed by atoms with Crippen LogP contribution in [0.5, 0.6) is 0 Å². The molecule has 1 amide bonds. The highest BCUT2D eigenvalue weighted by Crippen LogP contribution is 2.27. The summed E-state index contributed by atoms with van der Waals surface area (Å²) < 4.78 is 0. The first-order chi connectivity index (χ1) is 10.8. The molecule has 0 atom stereocenters. The molecule has 0 bridgehead atoms. The van der Waals surface area contributed by atoms with E-state index in [1.807, 2.05) is 12.4 Å². The van der Waals surface area contributed by atoms with Crippen molar-refractivity contribution < 1.29 is 4.79 Å². The van der Waals surface area contributed by atoms with Crippen LogP contribution in [0.1, 0.15) is 31.2 Å². The van der Waals surface area contributed by atoms with Crippen molar-refractivity contribution in [2.75, 3.05) is 26.2 Å². The molecule has 1 aliphatic heterocycles. The van der Waals surface area contributed by atoms with Gasteiger partial charge in [-0.25, -0.2) is 0 Å². The molecule has 0 unspecified atom stereocenters. The van der Waals surface area contributed by atoms with Gasteiger partial charge in [0.25, 0.3) is 0 Å². The van der Waals surface area contributed by atoms with E-state index in [2.05, 4.69) is 32.7 Å². The van der Waals surface area contributed by atoms with Crippen LogP contribution in [0.4, 0.5) is 0 Å². The van der Waals surface area contributed by atoms with Gasteiger partial charge in [0, 0.05) is 38.1 Å². The lowest BCUT2D eigenvalue weighted by Crippen LogP contribution is -2.46. The van der Waals surface area contributed by atoms with Gasteiger partial charge in [-0.3, -0.25) is 14.7 Å². The Labute approximate surface area is 156 Å². The third-order valence-electron chi connectivity index (χ3n) is 4.52. The topological polar surface area (TPSA) is 57.3 Å². The third-order valence-corrected chi connectivity index (χ3v) is 4.52. The molecule has 1 saturated heterocycles. The average Bonchev–Trinajstić information content (AvgIpc) is 3.35. The fraction of sp³-hybridized carbons (Fsp3) is 0.647. The number of halogens is 2. The van der Waals surface area contributed by atoms with Crippen molar-refractivity contribution in [3.05, 3.63) is 30.1 Å². The second kappa shape index (κ2) is 10.9. The van der Waals surface area contributed by atoms with Crippen LogP contribution < -0.4 is 10.6 Å². The van der Waals surface area contributed by atoms with E-state index in [0.29, 0.717) is 12.6 Å². The van der Waals surface area contributed by atoms with E-state index in [4.69, 9.17) is 0 Å². The molecule has 2 N–H and O–H groups in total. The van der Waals surface area contributed by atoms with Gasteiger partial charge in [0.1, 0.15) is 0 Å². The van der Waals surface area contributed by atoms with Crippen LogP contribution >= 0.6 is 24.8 Å². The van der Waals surface area contributed by atoms with Crippen LogP contribution in [-0.4, -0.2) is 48.0 Å². The largest absolute Gasteiger partial charge is 0.352 e. The number of rotatable bonds is 7. The SMILES string of the molecule is Cl.Cl.O=C(CNCC1CC1)NC1CCN(Cc2ccncc2)CC1. The van der Waals surface area contributed by atoms with Crippen LogP contribution in [0, 0.1) is 5.92 Å². The predicted octanol–water partition coefficient (Wildman–Crippen LogP) is 2.01. The normalized spacial score (nSPS) is 18.3. The monoisotopic (exact) mass is 374 g/mol. The predicted molar refractivity (Wildman–Crippen MR) is 101 cm³/mol. The fourth-order valence-electron chi connectivity index (χ4n) is 2.97. The maximum atomic E-state index is 11.9.